The van der Waals surface area contributed by atoms with Crippen LogP contribution in [0, 0.1) is 5.82 Å². The average Bonchev–Trinajstić information content (AvgIpc) is 2.95. The maximum atomic E-state index is 13.2. The van der Waals surface area contributed by atoms with E-state index >= 15 is 0 Å². The lowest BCUT2D eigenvalue weighted by Gasteiger charge is -2.05. The van der Waals surface area contributed by atoms with E-state index in [0.29, 0.717) is 5.52 Å². The molecular formula is C20H15FN2O3S. The molecule has 0 fully saturated rings. The van der Waals surface area contributed by atoms with Crippen molar-refractivity contribution in [3.8, 4) is 0 Å². The number of fused-ring (bicyclic) bond motifs is 1. The van der Waals surface area contributed by atoms with Gasteiger partial charge in [-0.25, -0.2) is 17.6 Å². The summed E-state index contributed by atoms with van der Waals surface area (Å²) in [5.41, 5.74) is 1.01. The van der Waals surface area contributed by atoms with Crippen LogP contribution in [0.2, 0.25) is 0 Å². The summed E-state index contributed by atoms with van der Waals surface area (Å²) in [6, 6.07) is 20.4. The van der Waals surface area contributed by atoms with Gasteiger partial charge in [0, 0.05) is 0 Å². The van der Waals surface area contributed by atoms with E-state index in [9.17, 15) is 17.6 Å². The highest BCUT2D eigenvalue weighted by Gasteiger charge is 2.25. The van der Waals surface area contributed by atoms with Crippen molar-refractivity contribution in [2.45, 2.75) is 11.4 Å². The van der Waals surface area contributed by atoms with Crippen LogP contribution in [0.5, 0.6) is 0 Å². The summed E-state index contributed by atoms with van der Waals surface area (Å²) in [5.74, 6) is -0.548. The minimum absolute atomic E-state index is 0.145. The van der Waals surface area contributed by atoms with E-state index in [4.69, 9.17) is 0 Å². The topological polar surface area (TPSA) is 61.1 Å². The lowest BCUT2D eigenvalue weighted by Crippen LogP contribution is -2.29. The highest BCUT2D eigenvalue weighted by atomic mass is 32.2. The first kappa shape index (κ1) is 17.2. The van der Waals surface area contributed by atoms with E-state index in [-0.39, 0.29) is 17.0 Å². The van der Waals surface area contributed by atoms with E-state index in [2.05, 4.69) is 0 Å². The van der Waals surface area contributed by atoms with Crippen molar-refractivity contribution in [1.82, 2.24) is 8.54 Å². The number of benzene rings is 3. The van der Waals surface area contributed by atoms with Crippen molar-refractivity contribution >= 4 is 21.1 Å². The molecule has 0 radical (unpaired) electrons. The van der Waals surface area contributed by atoms with Gasteiger partial charge in [-0.15, -0.1) is 0 Å². The Morgan fingerprint density at radius 3 is 2.04 bits per heavy atom. The monoisotopic (exact) mass is 382 g/mol. The normalized spacial score (nSPS) is 11.7. The molecule has 0 atom stereocenters. The predicted molar refractivity (Wildman–Crippen MR) is 101 cm³/mol. The van der Waals surface area contributed by atoms with E-state index in [1.807, 2.05) is 30.3 Å². The van der Waals surface area contributed by atoms with Crippen LogP contribution in [-0.4, -0.2) is 17.0 Å². The zero-order valence-corrected chi connectivity index (χ0v) is 14.9. The van der Waals surface area contributed by atoms with Crippen LogP contribution in [0.15, 0.2) is 88.6 Å². The molecule has 1 heterocycles. The summed E-state index contributed by atoms with van der Waals surface area (Å²) >= 11 is 0. The van der Waals surface area contributed by atoms with Crippen molar-refractivity contribution in [2.24, 2.45) is 0 Å². The molecule has 5 nitrogen and oxygen atoms in total. The minimum Gasteiger partial charge on any atom is -0.287 e. The van der Waals surface area contributed by atoms with Gasteiger partial charge in [0.15, 0.2) is 0 Å². The minimum atomic E-state index is -4.17. The van der Waals surface area contributed by atoms with Gasteiger partial charge >= 0.3 is 5.69 Å². The predicted octanol–water partition coefficient (Wildman–Crippen LogP) is 3.23. The second-order valence-electron chi connectivity index (χ2n) is 6.07. The van der Waals surface area contributed by atoms with Crippen molar-refractivity contribution in [2.75, 3.05) is 0 Å². The molecule has 0 aliphatic rings. The van der Waals surface area contributed by atoms with Crippen molar-refractivity contribution < 1.29 is 12.8 Å². The van der Waals surface area contributed by atoms with Gasteiger partial charge in [0.25, 0.3) is 10.0 Å². The standard InChI is InChI=1S/C20H15FN2O3S/c21-16-10-12-17(13-11-16)27(25,26)23-19-9-5-4-8-18(19)22(20(23)24)14-15-6-2-1-3-7-15/h1-13H,14H2. The molecule has 0 N–H and O–H groups in total. The molecule has 0 aliphatic heterocycles. The van der Waals surface area contributed by atoms with Crippen LogP contribution in [0.25, 0.3) is 11.0 Å². The van der Waals surface area contributed by atoms with Crippen LogP contribution in [0.4, 0.5) is 4.39 Å². The van der Waals surface area contributed by atoms with Crippen molar-refractivity contribution in [3.63, 3.8) is 0 Å². The fourth-order valence-electron chi connectivity index (χ4n) is 3.04. The number of hydrogen-bond donors (Lipinski definition) is 0. The van der Waals surface area contributed by atoms with Crippen LogP contribution < -0.4 is 5.69 Å². The average molecular weight is 382 g/mol. The molecule has 0 amide bonds. The second-order valence-corrected chi connectivity index (χ2v) is 7.85. The molecule has 0 aliphatic carbocycles. The summed E-state index contributed by atoms with van der Waals surface area (Å²) in [4.78, 5) is 12.9. The smallest absolute Gasteiger partial charge is 0.287 e. The van der Waals surface area contributed by atoms with Gasteiger partial charge in [0.05, 0.1) is 22.5 Å². The number of imidazole rings is 1. The first-order chi connectivity index (χ1) is 13.0. The highest BCUT2D eigenvalue weighted by Crippen LogP contribution is 2.20. The van der Waals surface area contributed by atoms with Crippen molar-refractivity contribution in [3.05, 3.63) is 101 Å². The molecule has 0 bridgehead atoms. The van der Waals surface area contributed by atoms with Crippen LogP contribution in [0.1, 0.15) is 5.56 Å². The van der Waals surface area contributed by atoms with E-state index in [1.165, 1.54) is 4.57 Å². The summed E-state index contributed by atoms with van der Waals surface area (Å²) in [5, 5.41) is 0. The molecule has 3 aromatic carbocycles. The summed E-state index contributed by atoms with van der Waals surface area (Å²) in [6.07, 6.45) is 0. The maximum absolute atomic E-state index is 13.2. The third-order valence-electron chi connectivity index (χ3n) is 4.33. The van der Waals surface area contributed by atoms with Gasteiger partial charge in [-0.1, -0.05) is 42.5 Å². The van der Waals surface area contributed by atoms with Gasteiger partial charge < -0.3 is 0 Å². The third-order valence-corrected chi connectivity index (χ3v) is 6.03. The zero-order valence-electron chi connectivity index (χ0n) is 14.1. The fraction of sp³-hybridized carbons (Fsp3) is 0.0500. The molecule has 0 unspecified atom stereocenters. The van der Waals surface area contributed by atoms with Crippen LogP contribution >= 0.6 is 0 Å². The van der Waals surface area contributed by atoms with E-state index < -0.39 is 21.5 Å². The Hall–Kier alpha value is -3.19. The number of para-hydroxylation sites is 2. The van der Waals surface area contributed by atoms with Gasteiger partial charge in [0.1, 0.15) is 5.82 Å². The zero-order chi connectivity index (χ0) is 19.0. The highest BCUT2D eigenvalue weighted by molar-refractivity contribution is 7.90. The Morgan fingerprint density at radius 2 is 1.37 bits per heavy atom. The third kappa shape index (κ3) is 2.96. The molecule has 1 aromatic heterocycles. The summed E-state index contributed by atoms with van der Waals surface area (Å²) < 4.78 is 41.5. The Labute approximate surface area is 155 Å². The molecule has 0 spiro atoms. The van der Waals surface area contributed by atoms with Gasteiger partial charge in [-0.3, -0.25) is 4.57 Å². The van der Waals surface area contributed by atoms with Crippen LogP contribution in [0.3, 0.4) is 0 Å². The Morgan fingerprint density at radius 1 is 0.778 bits per heavy atom. The molecule has 0 saturated heterocycles. The second kappa shape index (κ2) is 6.51. The van der Waals surface area contributed by atoms with Crippen molar-refractivity contribution in [1.29, 1.82) is 0 Å². The molecule has 7 heteroatoms. The molecule has 4 aromatic rings. The molecular weight excluding hydrogens is 367 g/mol. The lowest BCUT2D eigenvalue weighted by molar-refractivity contribution is 0.584. The maximum Gasteiger partial charge on any atom is 0.343 e. The van der Waals surface area contributed by atoms with Gasteiger partial charge in [-0.2, -0.15) is 3.97 Å². The first-order valence-electron chi connectivity index (χ1n) is 8.24. The lowest BCUT2D eigenvalue weighted by atomic mass is 10.2. The quantitative estimate of drug-likeness (QED) is 0.544. The number of hydrogen-bond acceptors (Lipinski definition) is 3. The Bertz CT molecular complexity index is 1270. The number of rotatable bonds is 4. The Kier molecular flexibility index (Phi) is 4.16. The summed E-state index contributed by atoms with van der Waals surface area (Å²) in [7, 11) is -4.17. The SMILES string of the molecule is O=c1n(Cc2ccccc2)c2ccccc2n1S(=O)(=O)c1ccc(F)cc1. The molecule has 4 rings (SSSR count). The molecule has 27 heavy (non-hydrogen) atoms. The first-order valence-corrected chi connectivity index (χ1v) is 9.68. The molecule has 136 valence electrons. The number of aromatic nitrogens is 2. The molecule has 0 saturated carbocycles. The van der Waals surface area contributed by atoms with E-state index in [0.717, 1.165) is 33.8 Å². The summed E-state index contributed by atoms with van der Waals surface area (Å²) in [6.45, 7) is 0.242. The largest absolute Gasteiger partial charge is 0.343 e. The Balaban J connectivity index is 1.95. The van der Waals surface area contributed by atoms with Gasteiger partial charge in [0.2, 0.25) is 0 Å². The number of halogens is 1. The van der Waals surface area contributed by atoms with Gasteiger partial charge in [-0.05, 0) is 42.0 Å². The number of nitrogens with zero attached hydrogens (tertiary/aromatic N) is 2. The van der Waals surface area contributed by atoms with Crippen LogP contribution in [-0.2, 0) is 16.6 Å². The fourth-order valence-corrected chi connectivity index (χ4v) is 4.45. The van der Waals surface area contributed by atoms with E-state index in [1.54, 1.807) is 24.3 Å².